The van der Waals surface area contributed by atoms with E-state index in [0.717, 1.165) is 11.1 Å². The summed E-state index contributed by atoms with van der Waals surface area (Å²) in [5.74, 6) is -0.900. The van der Waals surface area contributed by atoms with Crippen LogP contribution in [0.25, 0.3) is 0 Å². The third kappa shape index (κ3) is 5.72. The zero-order valence-electron chi connectivity index (χ0n) is 16.1. The molecule has 1 N–H and O–H groups in total. The highest BCUT2D eigenvalue weighted by atomic mass is 19.1. The van der Waals surface area contributed by atoms with Gasteiger partial charge in [-0.25, -0.2) is 9.37 Å². The minimum absolute atomic E-state index is 0.183. The van der Waals surface area contributed by atoms with Crippen LogP contribution in [-0.2, 0) is 13.0 Å². The second-order valence-corrected chi connectivity index (χ2v) is 6.69. The molecule has 3 aromatic rings. The topological polar surface area (TPSA) is 62.3 Å². The summed E-state index contributed by atoms with van der Waals surface area (Å²) >= 11 is 0. The molecular formula is C23H22FN3O2. The molecule has 0 aliphatic rings. The van der Waals surface area contributed by atoms with Crippen LogP contribution >= 0.6 is 0 Å². The highest BCUT2D eigenvalue weighted by Gasteiger charge is 2.16. The van der Waals surface area contributed by atoms with E-state index < -0.39 is 0 Å². The molecule has 3 rings (SSSR count). The molecule has 0 saturated carbocycles. The molecule has 2 aromatic carbocycles. The van der Waals surface area contributed by atoms with Crippen LogP contribution in [0.4, 0.5) is 4.39 Å². The summed E-state index contributed by atoms with van der Waals surface area (Å²) in [6.07, 6.45) is 0.574. The minimum Gasteiger partial charge on any atom is -0.350 e. The quantitative estimate of drug-likeness (QED) is 0.671. The molecule has 0 atom stereocenters. The van der Waals surface area contributed by atoms with Crippen molar-refractivity contribution in [2.24, 2.45) is 0 Å². The molecule has 0 unspecified atom stereocenters. The molecule has 0 radical (unpaired) electrons. The lowest BCUT2D eigenvalue weighted by atomic mass is 10.1. The standard InChI is InChI=1S/C23H22FN3O2/c1-27(16-18-6-3-2-4-7-18)23(29)21-9-5-8-20(26-21)22(28)25-15-14-17-10-12-19(24)13-11-17/h2-13H,14-16H2,1H3,(H,25,28). The van der Waals surface area contributed by atoms with Crippen molar-refractivity contribution >= 4 is 11.8 Å². The van der Waals surface area contributed by atoms with Crippen LogP contribution in [0.15, 0.2) is 72.8 Å². The Hall–Kier alpha value is -3.54. The highest BCUT2D eigenvalue weighted by molar-refractivity contribution is 5.96. The number of nitrogens with one attached hydrogen (secondary N) is 1. The summed E-state index contributed by atoms with van der Waals surface area (Å²) in [7, 11) is 1.70. The predicted octanol–water partition coefficient (Wildman–Crippen LogP) is 3.47. The van der Waals surface area contributed by atoms with E-state index in [4.69, 9.17) is 0 Å². The van der Waals surface area contributed by atoms with Gasteiger partial charge in [0.1, 0.15) is 17.2 Å². The molecule has 0 saturated heterocycles. The summed E-state index contributed by atoms with van der Waals surface area (Å²) in [5.41, 5.74) is 2.34. The SMILES string of the molecule is CN(Cc1ccccc1)C(=O)c1cccc(C(=O)NCCc2ccc(F)cc2)n1. The Morgan fingerprint density at radius 1 is 0.897 bits per heavy atom. The monoisotopic (exact) mass is 391 g/mol. The van der Waals surface area contributed by atoms with E-state index in [1.54, 1.807) is 42.3 Å². The van der Waals surface area contributed by atoms with Crippen molar-refractivity contribution in [3.05, 3.63) is 101 Å². The Labute approximate surface area is 169 Å². The van der Waals surface area contributed by atoms with Crippen LogP contribution in [0.5, 0.6) is 0 Å². The Bertz CT molecular complexity index is 975. The molecule has 0 aliphatic carbocycles. The molecule has 0 aliphatic heterocycles. The van der Waals surface area contributed by atoms with Crippen LogP contribution in [0.3, 0.4) is 0 Å². The van der Waals surface area contributed by atoms with E-state index in [1.165, 1.54) is 12.1 Å². The maximum absolute atomic E-state index is 12.9. The van der Waals surface area contributed by atoms with Gasteiger partial charge in [-0.3, -0.25) is 9.59 Å². The van der Waals surface area contributed by atoms with Gasteiger partial charge >= 0.3 is 0 Å². The third-order valence-corrected chi connectivity index (χ3v) is 4.42. The van der Waals surface area contributed by atoms with E-state index >= 15 is 0 Å². The van der Waals surface area contributed by atoms with Crippen molar-refractivity contribution in [2.75, 3.05) is 13.6 Å². The fraction of sp³-hybridized carbons (Fsp3) is 0.174. The van der Waals surface area contributed by atoms with Crippen molar-refractivity contribution in [3.63, 3.8) is 0 Å². The molecule has 5 nitrogen and oxygen atoms in total. The van der Waals surface area contributed by atoms with Crippen LogP contribution in [0, 0.1) is 5.82 Å². The minimum atomic E-state index is -0.354. The molecule has 29 heavy (non-hydrogen) atoms. The van der Waals surface area contributed by atoms with Gasteiger partial charge in [-0.2, -0.15) is 0 Å². The number of hydrogen-bond donors (Lipinski definition) is 1. The fourth-order valence-electron chi connectivity index (χ4n) is 2.87. The maximum Gasteiger partial charge on any atom is 0.272 e. The first-order valence-corrected chi connectivity index (χ1v) is 9.32. The van der Waals surface area contributed by atoms with Crippen molar-refractivity contribution in [2.45, 2.75) is 13.0 Å². The molecule has 1 heterocycles. The molecule has 6 heteroatoms. The zero-order chi connectivity index (χ0) is 20.6. The first kappa shape index (κ1) is 20.2. The lowest BCUT2D eigenvalue weighted by molar-refractivity contribution is 0.0779. The van der Waals surface area contributed by atoms with Gasteiger partial charge in [-0.1, -0.05) is 48.5 Å². The Balaban J connectivity index is 1.58. The first-order valence-electron chi connectivity index (χ1n) is 9.32. The van der Waals surface area contributed by atoms with Gasteiger partial charge in [0.15, 0.2) is 0 Å². The number of hydrogen-bond acceptors (Lipinski definition) is 3. The van der Waals surface area contributed by atoms with Gasteiger partial charge in [0, 0.05) is 20.1 Å². The molecule has 0 spiro atoms. The summed E-state index contributed by atoms with van der Waals surface area (Å²) < 4.78 is 12.9. The number of carbonyl (C=O) groups excluding carboxylic acids is 2. The van der Waals surface area contributed by atoms with Gasteiger partial charge in [0.05, 0.1) is 0 Å². The number of aromatic nitrogens is 1. The van der Waals surface area contributed by atoms with Crippen molar-refractivity contribution in [3.8, 4) is 0 Å². The second-order valence-electron chi connectivity index (χ2n) is 6.69. The molecule has 1 aromatic heterocycles. The fourth-order valence-corrected chi connectivity index (χ4v) is 2.87. The number of nitrogens with zero attached hydrogens (tertiary/aromatic N) is 2. The Morgan fingerprint density at radius 3 is 2.31 bits per heavy atom. The molecular weight excluding hydrogens is 369 g/mol. The lowest BCUT2D eigenvalue weighted by Crippen LogP contribution is -2.29. The van der Waals surface area contributed by atoms with Crippen LogP contribution < -0.4 is 5.32 Å². The van der Waals surface area contributed by atoms with E-state index in [9.17, 15) is 14.0 Å². The van der Waals surface area contributed by atoms with E-state index in [0.29, 0.717) is 19.5 Å². The second kappa shape index (κ2) is 9.59. The number of halogens is 1. The van der Waals surface area contributed by atoms with Crippen LogP contribution in [-0.4, -0.2) is 35.3 Å². The lowest BCUT2D eigenvalue weighted by Gasteiger charge is -2.17. The van der Waals surface area contributed by atoms with E-state index in [-0.39, 0.29) is 29.0 Å². The number of rotatable bonds is 7. The molecule has 148 valence electrons. The van der Waals surface area contributed by atoms with Crippen LogP contribution in [0.1, 0.15) is 32.1 Å². The molecule has 2 amide bonds. The summed E-state index contributed by atoms with van der Waals surface area (Å²) in [6.45, 7) is 0.841. The molecule has 0 fully saturated rings. The predicted molar refractivity (Wildman–Crippen MR) is 109 cm³/mol. The average Bonchev–Trinajstić information content (AvgIpc) is 2.75. The Morgan fingerprint density at radius 2 is 1.59 bits per heavy atom. The van der Waals surface area contributed by atoms with Crippen molar-refractivity contribution in [1.82, 2.24) is 15.2 Å². The normalized spacial score (nSPS) is 10.4. The highest BCUT2D eigenvalue weighted by Crippen LogP contribution is 2.08. The van der Waals surface area contributed by atoms with E-state index in [2.05, 4.69) is 10.3 Å². The average molecular weight is 391 g/mol. The number of amides is 2. The summed E-state index contributed by atoms with van der Waals surface area (Å²) in [4.78, 5) is 30.8. The van der Waals surface area contributed by atoms with Crippen LogP contribution in [0.2, 0.25) is 0 Å². The van der Waals surface area contributed by atoms with Crippen molar-refractivity contribution in [1.29, 1.82) is 0 Å². The van der Waals surface area contributed by atoms with E-state index in [1.807, 2.05) is 30.3 Å². The van der Waals surface area contributed by atoms with Gasteiger partial charge in [0.25, 0.3) is 11.8 Å². The number of carbonyl (C=O) groups is 2. The summed E-state index contributed by atoms with van der Waals surface area (Å²) in [5, 5.41) is 2.78. The third-order valence-electron chi connectivity index (χ3n) is 4.42. The number of pyridine rings is 1. The molecule has 0 bridgehead atoms. The van der Waals surface area contributed by atoms with Gasteiger partial charge in [0.2, 0.25) is 0 Å². The zero-order valence-corrected chi connectivity index (χ0v) is 16.1. The smallest absolute Gasteiger partial charge is 0.272 e. The van der Waals surface area contributed by atoms with Crippen molar-refractivity contribution < 1.29 is 14.0 Å². The van der Waals surface area contributed by atoms with Gasteiger partial charge in [-0.15, -0.1) is 0 Å². The maximum atomic E-state index is 12.9. The largest absolute Gasteiger partial charge is 0.350 e. The first-order chi connectivity index (χ1) is 14.0. The number of benzene rings is 2. The van der Waals surface area contributed by atoms with Gasteiger partial charge in [-0.05, 0) is 41.8 Å². The van der Waals surface area contributed by atoms with Gasteiger partial charge < -0.3 is 10.2 Å². The summed E-state index contributed by atoms with van der Waals surface area (Å²) in [6, 6.07) is 20.6. The Kier molecular flexibility index (Phi) is 6.68.